The lowest BCUT2D eigenvalue weighted by Crippen LogP contribution is -2.49. The highest BCUT2D eigenvalue weighted by Crippen LogP contribution is 2.24. The van der Waals surface area contributed by atoms with Crippen molar-refractivity contribution in [2.75, 3.05) is 33.2 Å². The van der Waals surface area contributed by atoms with Gasteiger partial charge in [-0.2, -0.15) is 0 Å². The fourth-order valence-electron chi connectivity index (χ4n) is 4.04. The minimum Gasteiger partial charge on any atom is -0.393 e. The summed E-state index contributed by atoms with van der Waals surface area (Å²) in [5, 5.41) is 13.2. The van der Waals surface area contributed by atoms with Gasteiger partial charge in [0, 0.05) is 38.6 Å². The standard InChI is InChI=1S/C18H35N3O2/c1-14-7-6-10-21(11-14)12-15(2)19-18(23)20(3)13-16-8-4-5-9-17(16)22/h14-17,22H,4-13H2,1-3H3,(H,19,23). The summed E-state index contributed by atoms with van der Waals surface area (Å²) in [6, 6.07) is 0.145. The van der Waals surface area contributed by atoms with E-state index in [1.54, 1.807) is 4.90 Å². The van der Waals surface area contributed by atoms with Crippen LogP contribution in [-0.2, 0) is 0 Å². The SMILES string of the molecule is CC1CCCN(CC(C)NC(=O)N(C)CC2CCCCC2O)C1. The van der Waals surface area contributed by atoms with E-state index in [1.807, 2.05) is 7.05 Å². The Morgan fingerprint density at radius 3 is 2.74 bits per heavy atom. The third-order valence-corrected chi connectivity index (χ3v) is 5.37. The number of aliphatic hydroxyl groups is 1. The van der Waals surface area contributed by atoms with E-state index in [-0.39, 0.29) is 24.1 Å². The zero-order valence-corrected chi connectivity index (χ0v) is 15.1. The number of hydrogen-bond donors (Lipinski definition) is 2. The number of hydrogen-bond acceptors (Lipinski definition) is 3. The minimum atomic E-state index is -0.244. The molecule has 4 atom stereocenters. The first-order chi connectivity index (χ1) is 11.0. The average molecular weight is 325 g/mol. The van der Waals surface area contributed by atoms with Crippen LogP contribution >= 0.6 is 0 Å². The van der Waals surface area contributed by atoms with Crippen LogP contribution in [0.4, 0.5) is 4.79 Å². The molecule has 1 aliphatic heterocycles. The van der Waals surface area contributed by atoms with Gasteiger partial charge in [-0.15, -0.1) is 0 Å². The second-order valence-electron chi connectivity index (χ2n) is 7.85. The molecule has 0 bridgehead atoms. The van der Waals surface area contributed by atoms with Crippen LogP contribution in [0, 0.1) is 11.8 Å². The number of aliphatic hydroxyl groups excluding tert-OH is 1. The summed E-state index contributed by atoms with van der Waals surface area (Å²) in [6.07, 6.45) is 6.53. The Balaban J connectivity index is 1.71. The fourth-order valence-corrected chi connectivity index (χ4v) is 4.04. The van der Waals surface area contributed by atoms with Gasteiger partial charge in [0.15, 0.2) is 0 Å². The number of piperidine rings is 1. The largest absolute Gasteiger partial charge is 0.393 e. The van der Waals surface area contributed by atoms with Gasteiger partial charge in [-0.1, -0.05) is 19.8 Å². The number of likely N-dealkylation sites (tertiary alicyclic amines) is 1. The molecule has 4 unspecified atom stereocenters. The Hall–Kier alpha value is -0.810. The van der Waals surface area contributed by atoms with Crippen molar-refractivity contribution in [1.82, 2.24) is 15.1 Å². The highest BCUT2D eigenvalue weighted by molar-refractivity contribution is 5.74. The van der Waals surface area contributed by atoms with Gasteiger partial charge in [0.05, 0.1) is 6.10 Å². The molecule has 2 aliphatic rings. The maximum Gasteiger partial charge on any atom is 0.317 e. The number of nitrogens with one attached hydrogen (secondary N) is 1. The maximum absolute atomic E-state index is 12.4. The smallest absolute Gasteiger partial charge is 0.317 e. The molecule has 23 heavy (non-hydrogen) atoms. The number of carbonyl (C=O) groups excluding carboxylic acids is 1. The van der Waals surface area contributed by atoms with E-state index in [1.165, 1.54) is 19.3 Å². The summed E-state index contributed by atoms with van der Waals surface area (Å²) in [5.41, 5.74) is 0. The summed E-state index contributed by atoms with van der Waals surface area (Å²) in [5.74, 6) is 1.000. The van der Waals surface area contributed by atoms with Crippen molar-refractivity contribution in [3.63, 3.8) is 0 Å². The Morgan fingerprint density at radius 1 is 1.30 bits per heavy atom. The Kier molecular flexibility index (Phi) is 7.15. The quantitative estimate of drug-likeness (QED) is 0.815. The van der Waals surface area contributed by atoms with Gasteiger partial charge in [-0.3, -0.25) is 0 Å². The first-order valence-electron chi connectivity index (χ1n) is 9.37. The van der Waals surface area contributed by atoms with Crippen molar-refractivity contribution in [3.8, 4) is 0 Å². The van der Waals surface area contributed by atoms with Crippen molar-refractivity contribution in [2.45, 2.75) is 64.5 Å². The zero-order valence-electron chi connectivity index (χ0n) is 15.1. The van der Waals surface area contributed by atoms with Crippen molar-refractivity contribution >= 4 is 6.03 Å². The van der Waals surface area contributed by atoms with Crippen LogP contribution in [-0.4, -0.2) is 66.3 Å². The second-order valence-corrected chi connectivity index (χ2v) is 7.85. The van der Waals surface area contributed by atoms with E-state index in [0.29, 0.717) is 6.54 Å². The Bertz CT molecular complexity index is 377. The molecule has 5 heteroatoms. The molecule has 0 radical (unpaired) electrons. The van der Waals surface area contributed by atoms with E-state index >= 15 is 0 Å². The molecular formula is C18H35N3O2. The van der Waals surface area contributed by atoms with Crippen LogP contribution in [0.5, 0.6) is 0 Å². The Morgan fingerprint density at radius 2 is 2.04 bits per heavy atom. The van der Waals surface area contributed by atoms with E-state index in [2.05, 4.69) is 24.1 Å². The number of urea groups is 1. The van der Waals surface area contributed by atoms with E-state index in [0.717, 1.165) is 44.8 Å². The molecule has 2 N–H and O–H groups in total. The molecule has 2 amide bonds. The first-order valence-corrected chi connectivity index (χ1v) is 9.37. The van der Waals surface area contributed by atoms with Crippen molar-refractivity contribution in [3.05, 3.63) is 0 Å². The molecule has 2 fully saturated rings. The van der Waals surface area contributed by atoms with E-state index in [9.17, 15) is 9.90 Å². The molecular weight excluding hydrogens is 290 g/mol. The van der Waals surface area contributed by atoms with E-state index in [4.69, 9.17) is 0 Å². The summed E-state index contributed by atoms with van der Waals surface area (Å²) >= 11 is 0. The van der Waals surface area contributed by atoms with Crippen LogP contribution < -0.4 is 5.32 Å². The molecule has 1 aliphatic carbocycles. The Labute approximate surface area is 141 Å². The third-order valence-electron chi connectivity index (χ3n) is 5.37. The minimum absolute atomic E-state index is 0.0136. The molecule has 0 spiro atoms. The highest BCUT2D eigenvalue weighted by Gasteiger charge is 2.26. The predicted octanol–water partition coefficient (Wildman–Crippen LogP) is 2.30. The van der Waals surface area contributed by atoms with Crippen LogP contribution in [0.3, 0.4) is 0 Å². The number of carbonyl (C=O) groups is 1. The van der Waals surface area contributed by atoms with Gasteiger partial charge in [-0.25, -0.2) is 4.79 Å². The van der Waals surface area contributed by atoms with Gasteiger partial charge >= 0.3 is 6.03 Å². The highest BCUT2D eigenvalue weighted by atomic mass is 16.3. The monoisotopic (exact) mass is 325 g/mol. The number of nitrogens with zero attached hydrogens (tertiary/aromatic N) is 2. The lowest BCUT2D eigenvalue weighted by atomic mass is 9.86. The summed E-state index contributed by atoms with van der Waals surface area (Å²) < 4.78 is 0. The van der Waals surface area contributed by atoms with Crippen LogP contribution in [0.15, 0.2) is 0 Å². The van der Waals surface area contributed by atoms with Gasteiger partial charge in [-0.05, 0) is 45.1 Å². The summed E-state index contributed by atoms with van der Waals surface area (Å²) in [7, 11) is 1.84. The molecule has 0 aromatic heterocycles. The molecule has 2 rings (SSSR count). The van der Waals surface area contributed by atoms with Crippen LogP contribution in [0.25, 0.3) is 0 Å². The molecule has 1 saturated carbocycles. The number of amides is 2. The normalized spacial score (nSPS) is 30.7. The summed E-state index contributed by atoms with van der Waals surface area (Å²) in [4.78, 5) is 16.6. The van der Waals surface area contributed by atoms with Gasteiger partial charge < -0.3 is 20.2 Å². The second kappa shape index (κ2) is 8.88. The maximum atomic E-state index is 12.4. The number of rotatable bonds is 5. The van der Waals surface area contributed by atoms with Crippen LogP contribution in [0.1, 0.15) is 52.4 Å². The molecule has 0 aromatic carbocycles. The van der Waals surface area contributed by atoms with Crippen LogP contribution in [0.2, 0.25) is 0 Å². The summed E-state index contributed by atoms with van der Waals surface area (Å²) in [6.45, 7) is 8.26. The topological polar surface area (TPSA) is 55.8 Å². The third kappa shape index (κ3) is 5.96. The molecule has 1 saturated heterocycles. The van der Waals surface area contributed by atoms with Gasteiger partial charge in [0.1, 0.15) is 0 Å². The molecule has 1 heterocycles. The lowest BCUT2D eigenvalue weighted by Gasteiger charge is -2.34. The molecule has 134 valence electrons. The first kappa shape index (κ1) is 18.5. The van der Waals surface area contributed by atoms with Crippen molar-refractivity contribution < 1.29 is 9.90 Å². The van der Waals surface area contributed by atoms with Crippen molar-refractivity contribution in [2.24, 2.45) is 11.8 Å². The molecule has 0 aromatic rings. The van der Waals surface area contributed by atoms with Crippen molar-refractivity contribution in [1.29, 1.82) is 0 Å². The molecule has 5 nitrogen and oxygen atoms in total. The van der Waals surface area contributed by atoms with Gasteiger partial charge in [0.2, 0.25) is 0 Å². The van der Waals surface area contributed by atoms with Gasteiger partial charge in [0.25, 0.3) is 0 Å². The van der Waals surface area contributed by atoms with E-state index < -0.39 is 0 Å². The average Bonchev–Trinajstić information content (AvgIpc) is 2.49. The predicted molar refractivity (Wildman–Crippen MR) is 93.4 cm³/mol. The zero-order chi connectivity index (χ0) is 16.8. The lowest BCUT2D eigenvalue weighted by molar-refractivity contribution is 0.0561. The fraction of sp³-hybridized carbons (Fsp3) is 0.944.